The molecule has 0 saturated heterocycles. The van der Waals surface area contributed by atoms with Crippen molar-refractivity contribution in [2.24, 2.45) is 11.5 Å². The molecule has 1 atom stereocenters. The molecule has 0 bridgehead atoms. The minimum absolute atomic E-state index is 0.123. The Bertz CT molecular complexity index is 298. The molecule has 0 spiro atoms. The van der Waals surface area contributed by atoms with Crippen LogP contribution in [-0.4, -0.2) is 37.7 Å². The van der Waals surface area contributed by atoms with Crippen LogP contribution in [0, 0.1) is 0 Å². The van der Waals surface area contributed by atoms with Crippen LogP contribution in [-0.2, 0) is 19.1 Å². The number of unbranched alkanes of at least 4 members (excludes halogenated alkanes) is 7. The van der Waals surface area contributed by atoms with Crippen molar-refractivity contribution in [3.8, 4) is 0 Å². The first-order valence-corrected chi connectivity index (χ1v) is 8.32. The van der Waals surface area contributed by atoms with Gasteiger partial charge in [-0.2, -0.15) is 0 Å². The third kappa shape index (κ3) is 15.3. The second-order valence-corrected chi connectivity index (χ2v) is 5.64. The van der Waals surface area contributed by atoms with Gasteiger partial charge in [0.25, 0.3) is 0 Å². The second kappa shape index (κ2) is 14.8. The highest BCUT2D eigenvalue weighted by molar-refractivity contribution is 5.75. The number of nitrogens with two attached hydrogens (primary N) is 2. The maximum atomic E-state index is 10.8. The average Bonchev–Trinajstić information content (AvgIpc) is 2.46. The van der Waals surface area contributed by atoms with Gasteiger partial charge in [0.2, 0.25) is 11.8 Å². The van der Waals surface area contributed by atoms with E-state index in [1.807, 2.05) is 0 Å². The molecule has 6 heteroatoms. The maximum absolute atomic E-state index is 10.8. The lowest BCUT2D eigenvalue weighted by molar-refractivity contribution is -0.129. The molecule has 0 aliphatic heterocycles. The molecule has 0 heterocycles. The van der Waals surface area contributed by atoms with Gasteiger partial charge in [0.15, 0.2) is 0 Å². The molecule has 0 aliphatic rings. The first-order valence-electron chi connectivity index (χ1n) is 8.32. The Hall–Kier alpha value is -1.14. The van der Waals surface area contributed by atoms with Crippen molar-refractivity contribution in [1.29, 1.82) is 0 Å². The lowest BCUT2D eigenvalue weighted by Crippen LogP contribution is -2.28. The number of hydrogen-bond donors (Lipinski definition) is 2. The lowest BCUT2D eigenvalue weighted by atomic mass is 10.1. The zero-order valence-electron chi connectivity index (χ0n) is 13.9. The molecule has 0 fully saturated rings. The summed E-state index contributed by atoms with van der Waals surface area (Å²) < 4.78 is 10.6. The molecule has 0 aromatic carbocycles. The number of rotatable bonds is 16. The molecule has 0 aromatic rings. The fraction of sp³-hybridized carbons (Fsp3) is 0.875. The van der Waals surface area contributed by atoms with E-state index in [0.717, 1.165) is 19.3 Å². The van der Waals surface area contributed by atoms with E-state index in [9.17, 15) is 9.59 Å². The van der Waals surface area contributed by atoms with Gasteiger partial charge < -0.3 is 20.9 Å². The van der Waals surface area contributed by atoms with Crippen molar-refractivity contribution >= 4 is 11.8 Å². The smallest absolute Gasteiger partial charge is 0.243 e. The number of amides is 2. The van der Waals surface area contributed by atoms with E-state index >= 15 is 0 Å². The Morgan fingerprint density at radius 1 is 0.864 bits per heavy atom. The van der Waals surface area contributed by atoms with Crippen molar-refractivity contribution in [2.75, 3.05) is 19.8 Å². The number of ether oxygens (including phenoxy) is 2. The monoisotopic (exact) mass is 316 g/mol. The Labute approximate surface area is 133 Å². The molecule has 0 radical (unpaired) electrons. The van der Waals surface area contributed by atoms with Gasteiger partial charge in [0.1, 0.15) is 13.2 Å². The first-order chi connectivity index (χ1) is 10.6. The van der Waals surface area contributed by atoms with Crippen LogP contribution in [0.1, 0.15) is 64.7 Å². The van der Waals surface area contributed by atoms with Crippen LogP contribution in [0.25, 0.3) is 0 Å². The van der Waals surface area contributed by atoms with Crippen molar-refractivity contribution < 1.29 is 19.1 Å². The summed E-state index contributed by atoms with van der Waals surface area (Å²) in [5, 5.41) is 0. The van der Waals surface area contributed by atoms with Crippen LogP contribution in [0.5, 0.6) is 0 Å². The number of primary amides is 2. The Morgan fingerprint density at radius 3 is 1.95 bits per heavy atom. The molecule has 6 nitrogen and oxygen atoms in total. The zero-order valence-corrected chi connectivity index (χ0v) is 13.9. The van der Waals surface area contributed by atoms with Crippen LogP contribution < -0.4 is 11.5 Å². The van der Waals surface area contributed by atoms with Gasteiger partial charge in [0.05, 0.1) is 12.7 Å². The predicted molar refractivity (Wildman–Crippen MR) is 86.2 cm³/mol. The standard InChI is InChI=1S/C16H32N2O4/c1-2-3-4-5-6-7-8-9-10-14(22-13-16(18)20)11-21-12-15(17)19/h14H,2-13H2,1H3,(H2,17,19)(H2,18,20). The summed E-state index contributed by atoms with van der Waals surface area (Å²) >= 11 is 0. The summed E-state index contributed by atoms with van der Waals surface area (Å²) in [5.41, 5.74) is 10.1. The molecule has 1 unspecified atom stereocenters. The fourth-order valence-corrected chi connectivity index (χ4v) is 2.21. The molecule has 2 amide bonds. The Kier molecular flexibility index (Phi) is 14.0. The molecule has 22 heavy (non-hydrogen) atoms. The SMILES string of the molecule is CCCCCCCCCCC(COCC(N)=O)OCC(N)=O. The van der Waals surface area contributed by atoms with Crippen LogP contribution in [0.4, 0.5) is 0 Å². The lowest BCUT2D eigenvalue weighted by Gasteiger charge is -2.16. The topological polar surface area (TPSA) is 105 Å². The van der Waals surface area contributed by atoms with Gasteiger partial charge in [-0.3, -0.25) is 9.59 Å². The summed E-state index contributed by atoms with van der Waals surface area (Å²) in [6.07, 6.45) is 10.4. The van der Waals surface area contributed by atoms with E-state index in [2.05, 4.69) is 6.92 Å². The highest BCUT2D eigenvalue weighted by Gasteiger charge is 2.11. The van der Waals surface area contributed by atoms with E-state index in [0.29, 0.717) is 0 Å². The third-order valence-electron chi connectivity index (χ3n) is 3.39. The van der Waals surface area contributed by atoms with Crippen molar-refractivity contribution in [1.82, 2.24) is 0 Å². The molecule has 4 N–H and O–H groups in total. The average molecular weight is 316 g/mol. The molecule has 130 valence electrons. The summed E-state index contributed by atoms with van der Waals surface area (Å²) in [4.78, 5) is 21.4. The van der Waals surface area contributed by atoms with Crippen LogP contribution in [0.15, 0.2) is 0 Å². The molecule has 0 saturated carbocycles. The van der Waals surface area contributed by atoms with Gasteiger partial charge in [-0.1, -0.05) is 58.3 Å². The van der Waals surface area contributed by atoms with Gasteiger partial charge in [-0.05, 0) is 6.42 Å². The Morgan fingerprint density at radius 2 is 1.41 bits per heavy atom. The fourth-order valence-electron chi connectivity index (χ4n) is 2.21. The molecular formula is C16H32N2O4. The highest BCUT2D eigenvalue weighted by Crippen LogP contribution is 2.12. The number of carbonyl (C=O) groups is 2. The van der Waals surface area contributed by atoms with Crippen molar-refractivity contribution in [3.05, 3.63) is 0 Å². The largest absolute Gasteiger partial charge is 0.369 e. The summed E-state index contributed by atoms with van der Waals surface area (Å²) in [6.45, 7) is 2.22. The minimum atomic E-state index is -0.513. The van der Waals surface area contributed by atoms with Crippen LogP contribution in [0.2, 0.25) is 0 Å². The van der Waals surface area contributed by atoms with E-state index in [-0.39, 0.29) is 25.9 Å². The summed E-state index contributed by atoms with van der Waals surface area (Å²) in [7, 11) is 0. The van der Waals surface area contributed by atoms with Gasteiger partial charge in [0, 0.05) is 0 Å². The highest BCUT2D eigenvalue weighted by atomic mass is 16.5. The van der Waals surface area contributed by atoms with Gasteiger partial charge in [-0.15, -0.1) is 0 Å². The van der Waals surface area contributed by atoms with Crippen molar-refractivity contribution in [3.63, 3.8) is 0 Å². The normalized spacial score (nSPS) is 12.2. The maximum Gasteiger partial charge on any atom is 0.243 e. The van der Waals surface area contributed by atoms with E-state index in [1.54, 1.807) is 0 Å². The van der Waals surface area contributed by atoms with E-state index < -0.39 is 11.8 Å². The van der Waals surface area contributed by atoms with Gasteiger partial charge in [-0.25, -0.2) is 0 Å². The van der Waals surface area contributed by atoms with Gasteiger partial charge >= 0.3 is 0 Å². The zero-order chi connectivity index (χ0) is 16.6. The molecule has 0 rings (SSSR count). The third-order valence-corrected chi connectivity index (χ3v) is 3.39. The molecular weight excluding hydrogens is 284 g/mol. The summed E-state index contributed by atoms with van der Waals surface area (Å²) in [5.74, 6) is -1.02. The quantitative estimate of drug-likeness (QED) is 0.424. The second-order valence-electron chi connectivity index (χ2n) is 5.64. The number of hydrogen-bond acceptors (Lipinski definition) is 4. The molecule has 0 aliphatic carbocycles. The molecule has 0 aromatic heterocycles. The van der Waals surface area contributed by atoms with E-state index in [1.165, 1.54) is 38.5 Å². The summed E-state index contributed by atoms with van der Waals surface area (Å²) in [6, 6.07) is 0. The predicted octanol–water partition coefficient (Wildman–Crippen LogP) is 1.89. The Balaban J connectivity index is 3.72. The number of carbonyl (C=O) groups excluding carboxylic acids is 2. The van der Waals surface area contributed by atoms with Crippen molar-refractivity contribution in [2.45, 2.75) is 70.8 Å². The first kappa shape index (κ1) is 20.9. The van der Waals surface area contributed by atoms with Crippen LogP contribution >= 0.6 is 0 Å². The minimum Gasteiger partial charge on any atom is -0.369 e. The van der Waals surface area contributed by atoms with E-state index in [4.69, 9.17) is 20.9 Å². The van der Waals surface area contributed by atoms with Crippen LogP contribution in [0.3, 0.4) is 0 Å².